The van der Waals surface area contributed by atoms with Crippen molar-refractivity contribution in [2.24, 2.45) is 5.41 Å². The van der Waals surface area contributed by atoms with E-state index in [1.165, 1.54) is 49.8 Å². The molecule has 0 saturated heterocycles. The molecule has 104 valence electrons. The van der Waals surface area contributed by atoms with Gasteiger partial charge in [-0.25, -0.2) is 0 Å². The van der Waals surface area contributed by atoms with Crippen LogP contribution in [0.5, 0.6) is 5.75 Å². The predicted octanol–water partition coefficient (Wildman–Crippen LogP) is 3.33. The Kier molecular flexibility index (Phi) is 3.53. The Bertz CT molecular complexity index is 451. The first kappa shape index (κ1) is 13.0. The number of benzene rings is 1. The van der Waals surface area contributed by atoms with E-state index in [2.05, 4.69) is 30.4 Å². The summed E-state index contributed by atoms with van der Waals surface area (Å²) in [5.41, 5.74) is 3.56. The van der Waals surface area contributed by atoms with Gasteiger partial charge in [0.15, 0.2) is 0 Å². The predicted molar refractivity (Wildman–Crippen MR) is 78.8 cm³/mol. The van der Waals surface area contributed by atoms with Crippen molar-refractivity contribution < 1.29 is 4.74 Å². The molecule has 3 rings (SSSR count). The third-order valence-electron chi connectivity index (χ3n) is 5.02. The monoisotopic (exact) mass is 259 g/mol. The fourth-order valence-corrected chi connectivity index (χ4v) is 3.38. The lowest BCUT2D eigenvalue weighted by Crippen LogP contribution is -2.43. The van der Waals surface area contributed by atoms with Crippen LogP contribution in [0.2, 0.25) is 0 Å². The summed E-state index contributed by atoms with van der Waals surface area (Å²) in [7, 11) is 1.75. The maximum atomic E-state index is 5.34. The van der Waals surface area contributed by atoms with E-state index in [1.54, 1.807) is 7.11 Å². The molecule has 0 aromatic heterocycles. The number of nitrogens with one attached hydrogen (secondary N) is 1. The Balaban J connectivity index is 1.61. The van der Waals surface area contributed by atoms with E-state index in [4.69, 9.17) is 4.74 Å². The number of ether oxygens (including phenoxy) is 1. The van der Waals surface area contributed by atoms with Crippen LogP contribution in [0.1, 0.15) is 43.7 Å². The molecular formula is C17H25NO. The van der Waals surface area contributed by atoms with Gasteiger partial charge in [0.2, 0.25) is 0 Å². The third kappa shape index (κ3) is 2.79. The van der Waals surface area contributed by atoms with E-state index in [-0.39, 0.29) is 0 Å². The number of aryl methyl sites for hydroxylation is 1. The number of hydrogen-bond acceptors (Lipinski definition) is 2. The maximum absolute atomic E-state index is 5.34. The van der Waals surface area contributed by atoms with Crippen molar-refractivity contribution >= 4 is 0 Å². The van der Waals surface area contributed by atoms with Gasteiger partial charge in [0.1, 0.15) is 5.75 Å². The van der Waals surface area contributed by atoms with E-state index in [1.807, 2.05) is 0 Å². The van der Waals surface area contributed by atoms with E-state index >= 15 is 0 Å². The molecule has 1 saturated carbocycles. The van der Waals surface area contributed by atoms with E-state index in [0.717, 1.165) is 12.2 Å². The lowest BCUT2D eigenvalue weighted by molar-refractivity contribution is 0.149. The zero-order chi connectivity index (χ0) is 13.3. The van der Waals surface area contributed by atoms with Crippen LogP contribution < -0.4 is 10.1 Å². The molecule has 1 N–H and O–H groups in total. The molecule has 1 aromatic carbocycles. The smallest absolute Gasteiger partial charge is 0.119 e. The largest absolute Gasteiger partial charge is 0.497 e. The molecule has 19 heavy (non-hydrogen) atoms. The molecule has 1 aromatic rings. The average Bonchev–Trinajstić information content (AvgIpc) is 2.42. The minimum absolute atomic E-state index is 0.578. The lowest BCUT2D eigenvalue weighted by Gasteiger charge is -2.40. The summed E-state index contributed by atoms with van der Waals surface area (Å²) in [6.45, 7) is 3.61. The molecule has 2 nitrogen and oxygen atoms in total. The lowest BCUT2D eigenvalue weighted by atomic mass is 9.70. The molecule has 0 amide bonds. The summed E-state index contributed by atoms with van der Waals surface area (Å²) in [4.78, 5) is 0. The third-order valence-corrected chi connectivity index (χ3v) is 5.02. The van der Waals surface area contributed by atoms with Crippen LogP contribution >= 0.6 is 0 Å². The van der Waals surface area contributed by atoms with Crippen molar-refractivity contribution in [1.82, 2.24) is 5.32 Å². The van der Waals surface area contributed by atoms with Crippen molar-refractivity contribution in [1.29, 1.82) is 0 Å². The highest BCUT2D eigenvalue weighted by atomic mass is 16.5. The first-order valence-corrected chi connectivity index (χ1v) is 7.58. The van der Waals surface area contributed by atoms with Crippen molar-refractivity contribution in [3.05, 3.63) is 29.3 Å². The van der Waals surface area contributed by atoms with Gasteiger partial charge in [-0.1, -0.05) is 19.4 Å². The van der Waals surface area contributed by atoms with Crippen molar-refractivity contribution in [3.63, 3.8) is 0 Å². The minimum Gasteiger partial charge on any atom is -0.497 e. The Morgan fingerprint density at radius 3 is 2.84 bits per heavy atom. The second kappa shape index (κ2) is 5.16. The van der Waals surface area contributed by atoms with Crippen LogP contribution in [0.4, 0.5) is 0 Å². The Morgan fingerprint density at radius 1 is 1.32 bits per heavy atom. The summed E-state index contributed by atoms with van der Waals surface area (Å²) >= 11 is 0. The van der Waals surface area contributed by atoms with Gasteiger partial charge in [-0.2, -0.15) is 0 Å². The van der Waals surface area contributed by atoms with Gasteiger partial charge < -0.3 is 10.1 Å². The number of hydrogen-bond donors (Lipinski definition) is 1. The summed E-state index contributed by atoms with van der Waals surface area (Å²) in [6, 6.07) is 7.19. The first-order valence-electron chi connectivity index (χ1n) is 7.58. The number of methoxy groups -OCH3 is 1. The van der Waals surface area contributed by atoms with Gasteiger partial charge in [-0.15, -0.1) is 0 Å². The summed E-state index contributed by atoms with van der Waals surface area (Å²) in [6.07, 6.45) is 7.85. The highest BCUT2D eigenvalue weighted by molar-refractivity contribution is 5.37. The standard InChI is InChI=1S/C17H25NO/c1-17(8-3-9-17)12-18-15-6-4-13-5-7-16(19-2)11-14(13)10-15/h5,7,11,15,18H,3-4,6,8-10,12H2,1-2H3. The highest BCUT2D eigenvalue weighted by Gasteiger charge is 2.32. The van der Waals surface area contributed by atoms with Crippen LogP contribution in [-0.4, -0.2) is 19.7 Å². The quantitative estimate of drug-likeness (QED) is 0.895. The molecule has 2 aliphatic rings. The van der Waals surface area contributed by atoms with Crippen LogP contribution in [0.25, 0.3) is 0 Å². The molecule has 1 unspecified atom stereocenters. The molecule has 0 aliphatic heterocycles. The first-order chi connectivity index (χ1) is 9.18. The summed E-state index contributed by atoms with van der Waals surface area (Å²) in [5, 5.41) is 3.80. The molecule has 0 radical (unpaired) electrons. The SMILES string of the molecule is COc1ccc2c(c1)CC(NCC1(C)CCC1)CC2. The molecule has 0 spiro atoms. The van der Waals surface area contributed by atoms with Crippen LogP contribution in [-0.2, 0) is 12.8 Å². The Hall–Kier alpha value is -1.02. The summed E-state index contributed by atoms with van der Waals surface area (Å²) < 4.78 is 5.34. The molecule has 2 aliphatic carbocycles. The Labute approximate surface area is 116 Å². The second-order valence-corrected chi connectivity index (χ2v) is 6.62. The fraction of sp³-hybridized carbons (Fsp3) is 0.647. The van der Waals surface area contributed by atoms with Gasteiger partial charge in [0, 0.05) is 12.6 Å². The van der Waals surface area contributed by atoms with Gasteiger partial charge in [-0.05, 0) is 60.8 Å². The number of rotatable bonds is 4. The minimum atomic E-state index is 0.578. The van der Waals surface area contributed by atoms with Crippen LogP contribution in [0.3, 0.4) is 0 Å². The second-order valence-electron chi connectivity index (χ2n) is 6.62. The molecule has 2 heteroatoms. The van der Waals surface area contributed by atoms with Crippen molar-refractivity contribution in [2.75, 3.05) is 13.7 Å². The van der Waals surface area contributed by atoms with Gasteiger partial charge in [0.05, 0.1) is 7.11 Å². The van der Waals surface area contributed by atoms with Crippen molar-refractivity contribution in [2.45, 2.75) is 51.5 Å². The van der Waals surface area contributed by atoms with Gasteiger partial charge in [-0.3, -0.25) is 0 Å². The highest BCUT2D eigenvalue weighted by Crippen LogP contribution is 2.39. The van der Waals surface area contributed by atoms with Crippen molar-refractivity contribution in [3.8, 4) is 5.75 Å². The van der Waals surface area contributed by atoms with Gasteiger partial charge in [0.25, 0.3) is 0 Å². The zero-order valence-corrected chi connectivity index (χ0v) is 12.2. The average molecular weight is 259 g/mol. The number of fused-ring (bicyclic) bond motifs is 1. The zero-order valence-electron chi connectivity index (χ0n) is 12.2. The topological polar surface area (TPSA) is 21.3 Å². The molecule has 1 fully saturated rings. The molecular weight excluding hydrogens is 234 g/mol. The Morgan fingerprint density at radius 2 is 2.16 bits per heavy atom. The van der Waals surface area contributed by atoms with E-state index in [9.17, 15) is 0 Å². The van der Waals surface area contributed by atoms with Crippen LogP contribution in [0, 0.1) is 5.41 Å². The normalized spacial score (nSPS) is 24.4. The molecule has 1 atom stereocenters. The van der Waals surface area contributed by atoms with E-state index in [0.29, 0.717) is 11.5 Å². The fourth-order valence-electron chi connectivity index (χ4n) is 3.38. The van der Waals surface area contributed by atoms with Gasteiger partial charge >= 0.3 is 0 Å². The maximum Gasteiger partial charge on any atom is 0.119 e. The molecule has 0 heterocycles. The van der Waals surface area contributed by atoms with Crippen LogP contribution in [0.15, 0.2) is 18.2 Å². The summed E-state index contributed by atoms with van der Waals surface area (Å²) in [5.74, 6) is 0.991. The molecule has 0 bridgehead atoms. The van der Waals surface area contributed by atoms with E-state index < -0.39 is 0 Å².